The first-order valence-corrected chi connectivity index (χ1v) is 6.55. The molecule has 1 unspecified atom stereocenters. The van der Waals surface area contributed by atoms with Crippen molar-refractivity contribution in [1.82, 2.24) is 10.0 Å². The topological polar surface area (TPSA) is 58.2 Å². The van der Waals surface area contributed by atoms with Crippen molar-refractivity contribution in [3.05, 3.63) is 30.1 Å². The summed E-state index contributed by atoms with van der Waals surface area (Å²) >= 11 is 0. The van der Waals surface area contributed by atoms with E-state index >= 15 is 0 Å². The lowest BCUT2D eigenvalue weighted by atomic mass is 10.3. The van der Waals surface area contributed by atoms with Crippen molar-refractivity contribution in [3.8, 4) is 0 Å². The fraction of sp³-hybridized carbons (Fsp3) is 0.400. The Balaban J connectivity index is 0.00000144. The Kier molecular flexibility index (Phi) is 4.88. The van der Waals surface area contributed by atoms with Crippen LogP contribution in [0, 0.1) is 5.82 Å². The normalized spacial score (nSPS) is 19.9. The predicted octanol–water partition coefficient (Wildman–Crippen LogP) is 0.888. The van der Waals surface area contributed by atoms with Gasteiger partial charge in [0.1, 0.15) is 10.7 Å². The highest BCUT2D eigenvalue weighted by molar-refractivity contribution is 7.89. The van der Waals surface area contributed by atoms with E-state index < -0.39 is 15.8 Å². The van der Waals surface area contributed by atoms with Crippen LogP contribution in [0.5, 0.6) is 0 Å². The molecule has 2 N–H and O–H groups in total. The maximum atomic E-state index is 13.3. The molecule has 0 aliphatic carbocycles. The third-order valence-electron chi connectivity index (χ3n) is 2.51. The number of hydrogen-bond acceptors (Lipinski definition) is 3. The Bertz CT molecular complexity index is 475. The minimum Gasteiger partial charge on any atom is -0.315 e. The number of halogens is 2. The molecule has 1 fully saturated rings. The summed E-state index contributed by atoms with van der Waals surface area (Å²) in [5.41, 5.74) is 0. The average molecular weight is 281 g/mol. The SMILES string of the molecule is Cl.O=S(=O)(NC1CCNC1)c1ccccc1F. The van der Waals surface area contributed by atoms with Gasteiger partial charge in [-0.2, -0.15) is 0 Å². The first kappa shape index (κ1) is 14.4. The number of benzene rings is 1. The lowest BCUT2D eigenvalue weighted by molar-refractivity contribution is 0.542. The zero-order chi connectivity index (χ0) is 11.6. The standard InChI is InChI=1S/C10H13FN2O2S.ClH/c11-9-3-1-2-4-10(9)16(14,15)13-8-5-6-12-7-8;/h1-4,8,12-13H,5-7H2;1H. The molecule has 1 aromatic rings. The summed E-state index contributed by atoms with van der Waals surface area (Å²) in [6.07, 6.45) is 0.730. The quantitative estimate of drug-likeness (QED) is 0.864. The van der Waals surface area contributed by atoms with E-state index in [0.717, 1.165) is 19.0 Å². The van der Waals surface area contributed by atoms with Crippen molar-refractivity contribution < 1.29 is 12.8 Å². The largest absolute Gasteiger partial charge is 0.315 e. The predicted molar refractivity (Wildman–Crippen MR) is 65.2 cm³/mol. The van der Waals surface area contributed by atoms with Gasteiger partial charge < -0.3 is 5.32 Å². The van der Waals surface area contributed by atoms with Gasteiger partial charge in [-0.1, -0.05) is 12.1 Å². The van der Waals surface area contributed by atoms with E-state index in [1.54, 1.807) is 0 Å². The summed E-state index contributed by atoms with van der Waals surface area (Å²) in [5, 5.41) is 3.04. The van der Waals surface area contributed by atoms with Crippen molar-refractivity contribution in [2.45, 2.75) is 17.4 Å². The fourth-order valence-electron chi connectivity index (χ4n) is 1.70. The first-order valence-electron chi connectivity index (χ1n) is 5.07. The van der Waals surface area contributed by atoms with Gasteiger partial charge in [0.05, 0.1) is 0 Å². The van der Waals surface area contributed by atoms with E-state index in [9.17, 15) is 12.8 Å². The molecule has 4 nitrogen and oxygen atoms in total. The van der Waals surface area contributed by atoms with E-state index in [4.69, 9.17) is 0 Å². The summed E-state index contributed by atoms with van der Waals surface area (Å²) in [6.45, 7) is 1.37. The van der Waals surface area contributed by atoms with Crippen LogP contribution in [0.25, 0.3) is 0 Å². The van der Waals surface area contributed by atoms with Crippen LogP contribution in [0.15, 0.2) is 29.2 Å². The third-order valence-corrected chi connectivity index (χ3v) is 4.06. The molecule has 0 bridgehead atoms. The van der Waals surface area contributed by atoms with Crippen LogP contribution >= 0.6 is 12.4 Å². The summed E-state index contributed by atoms with van der Waals surface area (Å²) < 4.78 is 39.5. The fourth-order valence-corrected chi connectivity index (χ4v) is 3.05. The minimum absolute atomic E-state index is 0. The lowest BCUT2D eigenvalue weighted by Crippen LogP contribution is -2.36. The molecule has 1 aliphatic rings. The van der Waals surface area contributed by atoms with Gasteiger partial charge in [0, 0.05) is 12.6 Å². The smallest absolute Gasteiger partial charge is 0.243 e. The van der Waals surface area contributed by atoms with Gasteiger partial charge in [-0.15, -0.1) is 12.4 Å². The zero-order valence-electron chi connectivity index (χ0n) is 9.02. The number of hydrogen-bond donors (Lipinski definition) is 2. The van der Waals surface area contributed by atoms with Crippen molar-refractivity contribution in [1.29, 1.82) is 0 Å². The van der Waals surface area contributed by atoms with Gasteiger partial charge >= 0.3 is 0 Å². The molecule has 1 atom stereocenters. The molecule has 1 saturated heterocycles. The summed E-state index contributed by atoms with van der Waals surface area (Å²) in [6, 6.07) is 5.22. The number of sulfonamides is 1. The molecule has 96 valence electrons. The minimum atomic E-state index is -3.74. The van der Waals surface area contributed by atoms with Crippen LogP contribution in [-0.4, -0.2) is 27.5 Å². The van der Waals surface area contributed by atoms with Crippen molar-refractivity contribution >= 4 is 22.4 Å². The van der Waals surface area contributed by atoms with Gasteiger partial charge in [0.2, 0.25) is 10.0 Å². The van der Waals surface area contributed by atoms with Gasteiger partial charge in [-0.05, 0) is 25.1 Å². The lowest BCUT2D eigenvalue weighted by Gasteiger charge is -2.12. The van der Waals surface area contributed by atoms with Gasteiger partial charge in [0.15, 0.2) is 0 Å². The molecule has 17 heavy (non-hydrogen) atoms. The highest BCUT2D eigenvalue weighted by Crippen LogP contribution is 2.14. The van der Waals surface area contributed by atoms with Gasteiger partial charge in [-0.25, -0.2) is 17.5 Å². The highest BCUT2D eigenvalue weighted by Gasteiger charge is 2.24. The van der Waals surface area contributed by atoms with Gasteiger partial charge in [0.25, 0.3) is 0 Å². The number of nitrogens with one attached hydrogen (secondary N) is 2. The third kappa shape index (κ3) is 3.38. The Labute approximate surface area is 106 Å². The molecule has 0 saturated carbocycles. The maximum Gasteiger partial charge on any atom is 0.243 e. The van der Waals surface area contributed by atoms with E-state index in [2.05, 4.69) is 10.0 Å². The average Bonchev–Trinajstić information content (AvgIpc) is 2.70. The van der Waals surface area contributed by atoms with Crippen molar-refractivity contribution in [2.75, 3.05) is 13.1 Å². The second-order valence-corrected chi connectivity index (χ2v) is 5.42. The molecule has 7 heteroatoms. The Hall–Kier alpha value is -0.690. The molecule has 1 heterocycles. The highest BCUT2D eigenvalue weighted by atomic mass is 35.5. The first-order chi connectivity index (χ1) is 7.59. The zero-order valence-corrected chi connectivity index (χ0v) is 10.7. The van der Waals surface area contributed by atoms with Crippen LogP contribution in [0.3, 0.4) is 0 Å². The molecule has 1 aliphatic heterocycles. The molecule has 0 aromatic heterocycles. The molecular formula is C10H14ClFN2O2S. The van der Waals surface area contributed by atoms with Crippen LogP contribution in [0.4, 0.5) is 4.39 Å². The summed E-state index contributed by atoms with van der Waals surface area (Å²) in [7, 11) is -3.74. The van der Waals surface area contributed by atoms with Crippen LogP contribution in [-0.2, 0) is 10.0 Å². The molecule has 0 radical (unpaired) electrons. The van der Waals surface area contributed by atoms with Gasteiger partial charge in [-0.3, -0.25) is 0 Å². The Morgan fingerprint density at radius 3 is 2.65 bits per heavy atom. The van der Waals surface area contributed by atoms with Crippen LogP contribution in [0.2, 0.25) is 0 Å². The van der Waals surface area contributed by atoms with Crippen molar-refractivity contribution in [3.63, 3.8) is 0 Å². The second-order valence-electron chi connectivity index (χ2n) is 3.74. The summed E-state index contributed by atoms with van der Waals surface area (Å²) in [4.78, 5) is -0.290. The molecule has 1 aromatic carbocycles. The molecule has 2 rings (SSSR count). The molecular weight excluding hydrogens is 267 g/mol. The maximum absolute atomic E-state index is 13.3. The molecule has 0 amide bonds. The van der Waals surface area contributed by atoms with E-state index in [0.29, 0.717) is 6.54 Å². The number of rotatable bonds is 3. The Morgan fingerprint density at radius 1 is 1.35 bits per heavy atom. The van der Waals surface area contributed by atoms with Crippen LogP contribution in [0.1, 0.15) is 6.42 Å². The second kappa shape index (κ2) is 5.77. The van der Waals surface area contributed by atoms with E-state index in [-0.39, 0.29) is 23.3 Å². The molecule has 0 spiro atoms. The van der Waals surface area contributed by atoms with Crippen LogP contribution < -0.4 is 10.0 Å². The van der Waals surface area contributed by atoms with E-state index in [1.807, 2.05) is 0 Å². The Morgan fingerprint density at radius 2 is 2.06 bits per heavy atom. The monoisotopic (exact) mass is 280 g/mol. The summed E-state index contributed by atoms with van der Waals surface area (Å²) in [5.74, 6) is -0.721. The van der Waals surface area contributed by atoms with E-state index in [1.165, 1.54) is 18.2 Å². The van der Waals surface area contributed by atoms with Crippen molar-refractivity contribution in [2.24, 2.45) is 0 Å².